The van der Waals surface area contributed by atoms with E-state index in [-0.39, 0.29) is 24.1 Å². The Hall–Kier alpha value is -2.69. The van der Waals surface area contributed by atoms with Gasteiger partial charge in [-0.25, -0.2) is 26.6 Å². The van der Waals surface area contributed by atoms with Gasteiger partial charge in [-0.05, 0) is 43.5 Å². The molecule has 1 saturated heterocycles. The minimum Gasteiger partial charge on any atom is -0.394 e. The maximum Gasteiger partial charge on any atom is 0.248 e. The summed E-state index contributed by atoms with van der Waals surface area (Å²) in [7, 11) is 1.35. The maximum absolute atomic E-state index is 14.1. The normalized spacial score (nSPS) is 27.6. The number of rotatable bonds is 8. The number of alkyl halides is 2. The predicted molar refractivity (Wildman–Crippen MR) is 145 cm³/mol. The van der Waals surface area contributed by atoms with E-state index in [4.69, 9.17) is 9.47 Å². The highest BCUT2D eigenvalue weighted by Gasteiger charge is 2.53. The molecule has 2 aromatic heterocycles. The van der Waals surface area contributed by atoms with Crippen LogP contribution in [0.3, 0.4) is 0 Å². The van der Waals surface area contributed by atoms with E-state index in [1.165, 1.54) is 24.2 Å². The number of pyridine rings is 1. The zero-order valence-corrected chi connectivity index (χ0v) is 24.0. The maximum atomic E-state index is 14.1. The molecule has 5 rings (SSSR count). The minimum absolute atomic E-state index is 0.0319. The Morgan fingerprint density at radius 3 is 2.44 bits per heavy atom. The van der Waals surface area contributed by atoms with E-state index in [1.54, 1.807) is 19.1 Å². The van der Waals surface area contributed by atoms with Gasteiger partial charge in [0.1, 0.15) is 35.5 Å². The molecule has 3 aromatic rings. The number of aromatic nitrogens is 4. The molecule has 1 saturated carbocycles. The van der Waals surface area contributed by atoms with Crippen LogP contribution in [0.15, 0.2) is 36.7 Å². The van der Waals surface area contributed by atoms with Crippen molar-refractivity contribution in [2.75, 3.05) is 13.7 Å². The Balaban J connectivity index is 1.50. The van der Waals surface area contributed by atoms with Gasteiger partial charge in [0, 0.05) is 31.7 Å². The van der Waals surface area contributed by atoms with E-state index in [0.29, 0.717) is 11.3 Å². The molecular weight excluding hydrogens is 599 g/mol. The highest BCUT2D eigenvalue weighted by molar-refractivity contribution is 8.00. The Labute approximate surface area is 248 Å². The second-order valence-corrected chi connectivity index (χ2v) is 12.1. The van der Waals surface area contributed by atoms with Crippen molar-refractivity contribution >= 4 is 11.8 Å². The number of aryl methyl sites for hydroxylation is 1. The van der Waals surface area contributed by atoms with Crippen molar-refractivity contribution in [3.63, 3.8) is 0 Å². The molecule has 1 aliphatic heterocycles. The number of benzene rings is 1. The van der Waals surface area contributed by atoms with Crippen LogP contribution in [-0.2, 0) is 9.47 Å². The molecule has 43 heavy (non-hydrogen) atoms. The third kappa shape index (κ3) is 6.28. The number of methoxy groups -OCH3 is 1. The van der Waals surface area contributed by atoms with Gasteiger partial charge in [-0.3, -0.25) is 4.98 Å². The van der Waals surface area contributed by atoms with E-state index in [9.17, 15) is 37.3 Å². The van der Waals surface area contributed by atoms with Crippen molar-refractivity contribution in [2.24, 2.45) is 0 Å². The summed E-state index contributed by atoms with van der Waals surface area (Å²) in [4.78, 5) is 4.46. The highest BCUT2D eigenvalue weighted by atomic mass is 32.2. The lowest BCUT2D eigenvalue weighted by Crippen LogP contribution is -2.56. The van der Waals surface area contributed by atoms with E-state index < -0.39 is 83.5 Å². The average molecular weight is 631 g/mol. The van der Waals surface area contributed by atoms with Crippen molar-refractivity contribution in [3.05, 3.63) is 65.4 Å². The average Bonchev–Trinajstić information content (AvgIpc) is 3.46. The molecule has 3 N–H and O–H groups in total. The molecule has 2 aliphatic rings. The number of halogens is 5. The molecule has 0 amide bonds. The summed E-state index contributed by atoms with van der Waals surface area (Å²) < 4.78 is 82.5. The van der Waals surface area contributed by atoms with E-state index in [1.807, 2.05) is 0 Å². The molecule has 234 valence electrons. The van der Waals surface area contributed by atoms with Crippen molar-refractivity contribution < 1.29 is 46.7 Å². The number of nitrogens with zero attached hydrogens (tertiary/aromatic N) is 4. The zero-order chi connectivity index (χ0) is 31.1. The number of ether oxygens (including phenoxy) is 2. The molecule has 0 spiro atoms. The molecule has 0 unspecified atom stereocenters. The summed E-state index contributed by atoms with van der Waals surface area (Å²) >= 11 is 1.07. The lowest BCUT2D eigenvalue weighted by molar-refractivity contribution is -0.186. The van der Waals surface area contributed by atoms with Crippen LogP contribution in [0.4, 0.5) is 22.0 Å². The molecule has 1 aromatic carbocycles. The number of aliphatic hydroxyl groups excluding tert-OH is 2. The first-order chi connectivity index (χ1) is 20.4. The molecular formula is C28H31F5N4O5S. The molecule has 1 aliphatic carbocycles. The van der Waals surface area contributed by atoms with Crippen LogP contribution in [0, 0.1) is 24.4 Å². The van der Waals surface area contributed by atoms with Crippen molar-refractivity contribution in [2.45, 2.75) is 79.2 Å². The smallest absolute Gasteiger partial charge is 0.248 e. The molecule has 3 heterocycles. The third-order valence-electron chi connectivity index (χ3n) is 8.10. The van der Waals surface area contributed by atoms with Gasteiger partial charge in [0.05, 0.1) is 29.3 Å². The first kappa shape index (κ1) is 31.7. The fourth-order valence-corrected chi connectivity index (χ4v) is 7.41. The summed E-state index contributed by atoms with van der Waals surface area (Å²) in [5, 5.41) is 40.1. The lowest BCUT2D eigenvalue weighted by atomic mass is 9.79. The monoisotopic (exact) mass is 630 g/mol. The Bertz CT molecular complexity index is 1420. The van der Waals surface area contributed by atoms with Crippen molar-refractivity contribution in [1.29, 1.82) is 0 Å². The van der Waals surface area contributed by atoms with Crippen LogP contribution in [0.5, 0.6) is 0 Å². The molecule has 0 bridgehead atoms. The first-order valence-corrected chi connectivity index (χ1v) is 14.5. The molecule has 2 fully saturated rings. The molecule has 9 nitrogen and oxygen atoms in total. The Kier molecular flexibility index (Phi) is 9.12. The Morgan fingerprint density at radius 2 is 1.84 bits per heavy atom. The molecule has 6 atom stereocenters. The second kappa shape index (κ2) is 12.4. The van der Waals surface area contributed by atoms with Gasteiger partial charge in [0.15, 0.2) is 17.5 Å². The molecule has 0 radical (unpaired) electrons. The van der Waals surface area contributed by atoms with E-state index in [0.717, 1.165) is 23.9 Å². The number of hydrogen-bond donors (Lipinski definition) is 3. The third-order valence-corrected chi connectivity index (χ3v) is 9.68. The van der Waals surface area contributed by atoms with Crippen molar-refractivity contribution in [1.82, 2.24) is 20.0 Å². The van der Waals surface area contributed by atoms with Gasteiger partial charge >= 0.3 is 0 Å². The van der Waals surface area contributed by atoms with Crippen LogP contribution >= 0.6 is 11.8 Å². The molecule has 15 heteroatoms. The van der Waals surface area contributed by atoms with Crippen molar-refractivity contribution in [3.8, 4) is 11.3 Å². The fraction of sp³-hybridized carbons (Fsp3) is 0.536. The Morgan fingerprint density at radius 1 is 1.16 bits per heavy atom. The van der Waals surface area contributed by atoms with Gasteiger partial charge in [0.2, 0.25) is 5.92 Å². The SMILES string of the molecule is CO[C@@H]1[C@@H](n2cc(-c3cc(F)c(F)c(F)c3)nn2)[C@@H](O)[C@@H](CO)O[C@H]1S[C@H](c1ncccc1C)C1(O)CCC(F)(F)CC1. The highest BCUT2D eigenvalue weighted by Crippen LogP contribution is 2.53. The van der Waals surface area contributed by atoms with Gasteiger partial charge in [-0.2, -0.15) is 0 Å². The standard InChI is InChI=1S/C28H31F5N4O5S/c1-14-4-3-9-34-21(14)25(27(40)5-7-28(32,33)8-6-27)43-26-24(41-2)22(23(39)19(13-38)42-26)37-12-18(35-36-37)15-10-16(29)20(31)17(30)11-15/h3-4,9-12,19,22-26,38-40H,5-8,13H2,1-2H3/t19-,22+,23+,24-,25-,26+/m1/s1. The number of hydrogen-bond acceptors (Lipinski definition) is 9. The topological polar surface area (TPSA) is 123 Å². The quantitative estimate of drug-likeness (QED) is 0.249. The van der Waals surface area contributed by atoms with Crippen LogP contribution in [0.25, 0.3) is 11.3 Å². The first-order valence-electron chi connectivity index (χ1n) is 13.6. The zero-order valence-electron chi connectivity index (χ0n) is 23.2. The summed E-state index contributed by atoms with van der Waals surface area (Å²) in [6, 6.07) is 3.94. The van der Waals surface area contributed by atoms with Crippen LogP contribution in [0.1, 0.15) is 48.2 Å². The van der Waals surface area contributed by atoms with Crippen LogP contribution in [0.2, 0.25) is 0 Å². The summed E-state index contributed by atoms with van der Waals surface area (Å²) in [6.07, 6.45) is -2.21. The van der Waals surface area contributed by atoms with Crippen LogP contribution in [-0.4, -0.2) is 84.3 Å². The minimum atomic E-state index is -2.91. The van der Waals surface area contributed by atoms with Gasteiger partial charge in [-0.15, -0.1) is 16.9 Å². The predicted octanol–water partition coefficient (Wildman–Crippen LogP) is 4.11. The fourth-order valence-electron chi connectivity index (χ4n) is 5.64. The summed E-state index contributed by atoms with van der Waals surface area (Å²) in [5.74, 6) is -7.38. The van der Waals surface area contributed by atoms with E-state index in [2.05, 4.69) is 15.3 Å². The van der Waals surface area contributed by atoms with Gasteiger partial charge in [-0.1, -0.05) is 11.3 Å². The van der Waals surface area contributed by atoms with Gasteiger partial charge in [0.25, 0.3) is 0 Å². The largest absolute Gasteiger partial charge is 0.394 e. The number of aliphatic hydroxyl groups is 3. The van der Waals surface area contributed by atoms with E-state index >= 15 is 0 Å². The van der Waals surface area contributed by atoms with Gasteiger partial charge < -0.3 is 24.8 Å². The summed E-state index contributed by atoms with van der Waals surface area (Å²) in [5.41, 5.74) is -1.55. The number of thioether (sulfide) groups is 1. The summed E-state index contributed by atoms with van der Waals surface area (Å²) in [6.45, 7) is 1.16. The van der Waals surface area contributed by atoms with Crippen LogP contribution < -0.4 is 0 Å². The second-order valence-electron chi connectivity index (χ2n) is 10.9. The lowest BCUT2D eigenvalue weighted by Gasteiger charge is -2.47.